The molecule has 1 fully saturated rings. The minimum Gasteiger partial charge on any atom is -0.496 e. The van der Waals surface area contributed by atoms with Crippen molar-refractivity contribution in [2.45, 2.75) is 25.3 Å². The average Bonchev–Trinajstić information content (AvgIpc) is 3.23. The predicted octanol–water partition coefficient (Wildman–Crippen LogP) is 4.32. The van der Waals surface area contributed by atoms with Gasteiger partial charge in [-0.25, -0.2) is 13.9 Å². The first-order valence-electron chi connectivity index (χ1n) is 10.5. The van der Waals surface area contributed by atoms with Crippen molar-refractivity contribution in [3.8, 4) is 16.9 Å². The molecule has 158 valence electrons. The van der Waals surface area contributed by atoms with Crippen LogP contribution in [0.4, 0.5) is 4.39 Å². The van der Waals surface area contributed by atoms with Crippen LogP contribution in [0.25, 0.3) is 16.8 Å². The lowest BCUT2D eigenvalue weighted by Gasteiger charge is -2.31. The Labute approximate surface area is 180 Å². The second-order valence-corrected chi connectivity index (χ2v) is 7.97. The number of methoxy groups -OCH3 is 1. The number of aromatic nitrogens is 4. The molecular weight excluding hydrogens is 393 g/mol. The molecule has 1 unspecified atom stereocenters. The van der Waals surface area contributed by atoms with Crippen LogP contribution < -0.4 is 4.74 Å². The molecule has 0 spiro atoms. The number of fused-ring (bicyclic) bond motifs is 1. The number of likely N-dealkylation sites (tertiary alicyclic amines) is 1. The first-order valence-corrected chi connectivity index (χ1v) is 10.5. The molecule has 4 heterocycles. The number of nitrogens with zero attached hydrogens (tertiary/aromatic N) is 5. The SMILES string of the molecule is COc1ccc(F)cc1-c1ccc2nc(C3CCCN(Cc4cccnc4)C3)nn2c1. The van der Waals surface area contributed by atoms with Crippen molar-refractivity contribution < 1.29 is 9.13 Å². The van der Waals surface area contributed by atoms with E-state index in [1.165, 1.54) is 17.7 Å². The molecule has 7 heteroatoms. The van der Waals surface area contributed by atoms with Gasteiger partial charge in [0, 0.05) is 48.7 Å². The van der Waals surface area contributed by atoms with Gasteiger partial charge >= 0.3 is 0 Å². The number of hydrogen-bond donors (Lipinski definition) is 0. The molecule has 0 amide bonds. The second kappa shape index (κ2) is 8.43. The Morgan fingerprint density at radius 3 is 2.97 bits per heavy atom. The van der Waals surface area contributed by atoms with Gasteiger partial charge < -0.3 is 4.74 Å². The highest BCUT2D eigenvalue weighted by Crippen LogP contribution is 2.31. The lowest BCUT2D eigenvalue weighted by atomic mass is 9.97. The topological polar surface area (TPSA) is 55.5 Å². The van der Waals surface area contributed by atoms with Gasteiger partial charge in [-0.1, -0.05) is 6.07 Å². The van der Waals surface area contributed by atoms with Gasteiger partial charge in [0.25, 0.3) is 0 Å². The van der Waals surface area contributed by atoms with Crippen molar-refractivity contribution in [1.82, 2.24) is 24.5 Å². The molecule has 4 aromatic rings. The van der Waals surface area contributed by atoms with Gasteiger partial charge in [-0.05, 0) is 61.3 Å². The van der Waals surface area contributed by atoms with Crippen LogP contribution in [0.15, 0.2) is 61.1 Å². The van der Waals surface area contributed by atoms with Crippen LogP contribution in [0.3, 0.4) is 0 Å². The Morgan fingerprint density at radius 2 is 2.13 bits per heavy atom. The number of hydrogen-bond acceptors (Lipinski definition) is 5. The summed E-state index contributed by atoms with van der Waals surface area (Å²) < 4.78 is 21.0. The summed E-state index contributed by atoms with van der Waals surface area (Å²) in [7, 11) is 1.59. The fourth-order valence-corrected chi connectivity index (χ4v) is 4.30. The van der Waals surface area contributed by atoms with Crippen molar-refractivity contribution >= 4 is 5.65 Å². The van der Waals surface area contributed by atoms with Crippen molar-refractivity contribution in [3.63, 3.8) is 0 Å². The molecule has 0 radical (unpaired) electrons. The van der Waals surface area contributed by atoms with Crippen LogP contribution >= 0.6 is 0 Å². The number of halogens is 1. The number of rotatable bonds is 5. The van der Waals surface area contributed by atoms with E-state index in [0.29, 0.717) is 11.3 Å². The van der Waals surface area contributed by atoms with Gasteiger partial charge in [-0.3, -0.25) is 9.88 Å². The van der Waals surface area contributed by atoms with E-state index < -0.39 is 0 Å². The highest BCUT2D eigenvalue weighted by Gasteiger charge is 2.25. The predicted molar refractivity (Wildman–Crippen MR) is 116 cm³/mol. The van der Waals surface area contributed by atoms with Gasteiger partial charge in [0.1, 0.15) is 11.6 Å². The number of benzene rings is 1. The zero-order chi connectivity index (χ0) is 21.2. The van der Waals surface area contributed by atoms with Gasteiger partial charge in [-0.2, -0.15) is 5.10 Å². The van der Waals surface area contributed by atoms with E-state index in [1.807, 2.05) is 30.6 Å². The molecule has 0 N–H and O–H groups in total. The summed E-state index contributed by atoms with van der Waals surface area (Å²) in [5.41, 5.74) is 3.54. The molecule has 1 aliphatic heterocycles. The van der Waals surface area contributed by atoms with Gasteiger partial charge in [0.15, 0.2) is 11.5 Å². The molecular formula is C24H24FN5O. The second-order valence-electron chi connectivity index (χ2n) is 7.97. The molecule has 0 bridgehead atoms. The third-order valence-electron chi connectivity index (χ3n) is 5.82. The number of pyridine rings is 2. The summed E-state index contributed by atoms with van der Waals surface area (Å²) in [5.74, 6) is 1.47. The zero-order valence-electron chi connectivity index (χ0n) is 17.4. The summed E-state index contributed by atoms with van der Waals surface area (Å²) in [6.07, 6.45) is 7.81. The zero-order valence-corrected chi connectivity index (χ0v) is 17.4. The van der Waals surface area contributed by atoms with Gasteiger partial charge in [0.05, 0.1) is 7.11 Å². The summed E-state index contributed by atoms with van der Waals surface area (Å²) in [5, 5.41) is 4.77. The Hall–Kier alpha value is -3.32. The van der Waals surface area contributed by atoms with Crippen LogP contribution in [-0.4, -0.2) is 44.7 Å². The Balaban J connectivity index is 1.39. The standard InChI is InChI=1S/C24H24FN5O/c1-31-22-8-7-20(25)12-21(22)18-6-9-23-27-24(28-30(23)16-18)19-5-3-11-29(15-19)14-17-4-2-10-26-13-17/h2,4,6-10,12-13,16,19H,3,5,11,14-15H2,1H3. The number of piperidine rings is 1. The van der Waals surface area contributed by atoms with E-state index in [0.717, 1.165) is 49.5 Å². The minimum absolute atomic E-state index is 0.289. The lowest BCUT2D eigenvalue weighted by Crippen LogP contribution is -2.34. The minimum atomic E-state index is -0.300. The van der Waals surface area contributed by atoms with E-state index in [2.05, 4.69) is 16.0 Å². The van der Waals surface area contributed by atoms with Crippen molar-refractivity contribution in [1.29, 1.82) is 0 Å². The molecule has 0 aliphatic carbocycles. The molecule has 1 saturated heterocycles. The quantitative estimate of drug-likeness (QED) is 0.484. The van der Waals surface area contributed by atoms with Crippen molar-refractivity contribution in [2.24, 2.45) is 0 Å². The molecule has 1 aromatic carbocycles. The number of ether oxygens (including phenoxy) is 1. The molecule has 3 aromatic heterocycles. The summed E-state index contributed by atoms with van der Waals surface area (Å²) in [4.78, 5) is 11.4. The largest absolute Gasteiger partial charge is 0.496 e. The monoisotopic (exact) mass is 417 g/mol. The fourth-order valence-electron chi connectivity index (χ4n) is 4.30. The third kappa shape index (κ3) is 4.14. The van der Waals surface area contributed by atoms with Crippen LogP contribution in [0.1, 0.15) is 30.1 Å². The normalized spacial score (nSPS) is 17.2. The van der Waals surface area contributed by atoms with Crippen LogP contribution in [0, 0.1) is 5.82 Å². The molecule has 5 rings (SSSR count). The molecule has 31 heavy (non-hydrogen) atoms. The highest BCUT2D eigenvalue weighted by molar-refractivity contribution is 5.71. The fraction of sp³-hybridized carbons (Fsp3) is 0.292. The maximum atomic E-state index is 13.8. The maximum Gasteiger partial charge on any atom is 0.156 e. The molecule has 6 nitrogen and oxygen atoms in total. The van der Waals surface area contributed by atoms with E-state index in [1.54, 1.807) is 23.9 Å². The Morgan fingerprint density at radius 1 is 1.19 bits per heavy atom. The lowest BCUT2D eigenvalue weighted by molar-refractivity contribution is 0.196. The Kier molecular flexibility index (Phi) is 5.34. The highest BCUT2D eigenvalue weighted by atomic mass is 19.1. The molecule has 1 atom stereocenters. The van der Waals surface area contributed by atoms with E-state index in [9.17, 15) is 4.39 Å². The van der Waals surface area contributed by atoms with E-state index in [4.69, 9.17) is 14.8 Å². The molecule has 0 saturated carbocycles. The van der Waals surface area contributed by atoms with Gasteiger partial charge in [0.2, 0.25) is 0 Å². The maximum absolute atomic E-state index is 13.8. The smallest absolute Gasteiger partial charge is 0.156 e. The summed E-state index contributed by atoms with van der Waals surface area (Å²) in [6, 6.07) is 12.5. The van der Waals surface area contributed by atoms with E-state index in [-0.39, 0.29) is 11.7 Å². The first-order chi connectivity index (χ1) is 15.2. The van der Waals surface area contributed by atoms with E-state index >= 15 is 0 Å². The van der Waals surface area contributed by atoms with Crippen molar-refractivity contribution in [2.75, 3.05) is 20.2 Å². The van der Waals surface area contributed by atoms with Gasteiger partial charge in [-0.15, -0.1) is 0 Å². The van der Waals surface area contributed by atoms with Crippen LogP contribution in [-0.2, 0) is 6.54 Å². The van der Waals surface area contributed by atoms with Crippen LogP contribution in [0.2, 0.25) is 0 Å². The Bertz CT molecular complexity index is 1190. The van der Waals surface area contributed by atoms with Crippen molar-refractivity contribution in [3.05, 3.63) is 78.3 Å². The third-order valence-corrected chi connectivity index (χ3v) is 5.82. The molecule has 1 aliphatic rings. The summed E-state index contributed by atoms with van der Waals surface area (Å²) >= 11 is 0. The first kappa shape index (κ1) is 19.6. The summed E-state index contributed by atoms with van der Waals surface area (Å²) in [6.45, 7) is 2.89. The van der Waals surface area contributed by atoms with Crippen LogP contribution in [0.5, 0.6) is 5.75 Å². The average molecular weight is 417 g/mol.